The van der Waals surface area contributed by atoms with Crippen molar-refractivity contribution in [2.45, 2.75) is 46.5 Å². The van der Waals surface area contributed by atoms with Crippen molar-refractivity contribution in [2.24, 2.45) is 11.8 Å². The molecule has 1 aliphatic rings. The lowest BCUT2D eigenvalue weighted by Gasteiger charge is -2.15. The van der Waals surface area contributed by atoms with Crippen LogP contribution in [0.2, 0.25) is 0 Å². The van der Waals surface area contributed by atoms with Gasteiger partial charge in [0.15, 0.2) is 0 Å². The molecular weight excluding hydrogens is 216 g/mol. The highest BCUT2D eigenvalue weighted by atomic mass is 16.5. The van der Waals surface area contributed by atoms with Crippen molar-refractivity contribution in [3.05, 3.63) is 12.2 Å². The van der Waals surface area contributed by atoms with Crippen LogP contribution in [0.1, 0.15) is 46.5 Å². The summed E-state index contributed by atoms with van der Waals surface area (Å²) in [6.07, 6.45) is 7.72. The van der Waals surface area contributed by atoms with Crippen molar-refractivity contribution >= 4 is 11.8 Å². The van der Waals surface area contributed by atoms with Crippen LogP contribution in [0.3, 0.4) is 0 Å². The number of Topliss-reactive ketones (excluding diaryl/α,β-unsaturated/α-hetero) is 1. The molecule has 1 fully saturated rings. The number of hydrogen-bond acceptors (Lipinski definition) is 3. The summed E-state index contributed by atoms with van der Waals surface area (Å²) in [4.78, 5) is 22.9. The number of carbonyl (C=O) groups is 2. The Morgan fingerprint density at radius 1 is 1.47 bits per heavy atom. The van der Waals surface area contributed by atoms with E-state index < -0.39 is 0 Å². The molecule has 0 spiro atoms. The van der Waals surface area contributed by atoms with Gasteiger partial charge in [-0.15, -0.1) is 0 Å². The number of rotatable bonds is 5. The summed E-state index contributed by atoms with van der Waals surface area (Å²) >= 11 is 0. The van der Waals surface area contributed by atoms with Gasteiger partial charge in [0.05, 0.1) is 7.11 Å². The molecule has 0 N–H and O–H groups in total. The molecule has 0 radical (unpaired) electrons. The first-order valence-electron chi connectivity index (χ1n) is 5.93. The third-order valence-corrected chi connectivity index (χ3v) is 3.19. The second-order valence-electron chi connectivity index (χ2n) is 4.27. The number of hydrogen-bond donors (Lipinski definition) is 0. The van der Waals surface area contributed by atoms with Crippen LogP contribution in [0, 0.1) is 11.8 Å². The fourth-order valence-corrected chi connectivity index (χ4v) is 2.25. The summed E-state index contributed by atoms with van der Waals surface area (Å²) in [5.74, 6) is 0.308. The predicted octanol–water partition coefficient (Wildman–Crippen LogP) is 3.14. The second-order valence-corrected chi connectivity index (χ2v) is 4.27. The Balaban J connectivity index is 0.00000256. The van der Waals surface area contributed by atoms with Crippen molar-refractivity contribution in [3.63, 3.8) is 0 Å². The number of carbonyl (C=O) groups excluding carboxylic acids is 2. The van der Waals surface area contributed by atoms with E-state index in [1.54, 1.807) is 0 Å². The molecule has 0 aromatic carbocycles. The Kier molecular flexibility index (Phi) is 7.51. The molecule has 2 atom stereocenters. The summed E-state index contributed by atoms with van der Waals surface area (Å²) < 4.78 is 4.65. The highest BCUT2D eigenvalue weighted by Crippen LogP contribution is 2.34. The van der Waals surface area contributed by atoms with Crippen LogP contribution in [0.15, 0.2) is 12.2 Å². The van der Waals surface area contributed by atoms with Crippen molar-refractivity contribution in [3.8, 4) is 0 Å². The number of ether oxygens (including phenoxy) is 1. The van der Waals surface area contributed by atoms with Crippen molar-refractivity contribution in [1.82, 2.24) is 0 Å². The van der Waals surface area contributed by atoms with Gasteiger partial charge in [-0.1, -0.05) is 26.5 Å². The lowest BCUT2D eigenvalue weighted by Crippen LogP contribution is -2.18. The molecule has 3 heteroatoms. The van der Waals surface area contributed by atoms with Gasteiger partial charge < -0.3 is 4.74 Å². The molecule has 0 heterocycles. The quantitative estimate of drug-likeness (QED) is 0.547. The fraction of sp³-hybridized carbons (Fsp3) is 0.714. The Morgan fingerprint density at radius 2 is 2.18 bits per heavy atom. The molecule has 3 nitrogen and oxygen atoms in total. The first-order valence-corrected chi connectivity index (χ1v) is 5.93. The molecule has 17 heavy (non-hydrogen) atoms. The van der Waals surface area contributed by atoms with E-state index in [1.165, 1.54) is 7.11 Å². The standard InChI is InChI=1S/C13H20O3.CH4/c1-3-4-5-6-11-10(7-8-12(11)14)9-13(15)16-2;/h4-5,10-11H,3,6-9H2,1-2H3;1H4/b5-4+;/t10-,11+;/m0./s1. The van der Waals surface area contributed by atoms with Crippen LogP contribution in [0.25, 0.3) is 0 Å². The predicted molar refractivity (Wildman–Crippen MR) is 68.6 cm³/mol. The Hall–Kier alpha value is -1.12. The number of methoxy groups -OCH3 is 1. The van der Waals surface area contributed by atoms with E-state index in [2.05, 4.69) is 23.8 Å². The lowest BCUT2D eigenvalue weighted by molar-refractivity contribution is -0.142. The van der Waals surface area contributed by atoms with E-state index in [9.17, 15) is 9.59 Å². The maximum Gasteiger partial charge on any atom is 0.305 e. The van der Waals surface area contributed by atoms with Gasteiger partial charge in [0.1, 0.15) is 5.78 Å². The average Bonchev–Trinajstić information content (AvgIpc) is 2.61. The first-order chi connectivity index (χ1) is 7.69. The molecule has 1 aliphatic carbocycles. The van der Waals surface area contributed by atoms with Gasteiger partial charge >= 0.3 is 5.97 Å². The van der Waals surface area contributed by atoms with Gasteiger partial charge in [-0.25, -0.2) is 0 Å². The third-order valence-electron chi connectivity index (χ3n) is 3.19. The van der Waals surface area contributed by atoms with Crippen molar-refractivity contribution in [2.75, 3.05) is 7.11 Å². The van der Waals surface area contributed by atoms with Crippen LogP contribution in [0.5, 0.6) is 0 Å². The summed E-state index contributed by atoms with van der Waals surface area (Å²) in [5, 5.41) is 0. The maximum atomic E-state index is 11.7. The normalized spacial score (nSPS) is 23.8. The van der Waals surface area contributed by atoms with Crippen LogP contribution in [-0.4, -0.2) is 18.9 Å². The Morgan fingerprint density at radius 3 is 2.76 bits per heavy atom. The molecule has 98 valence electrons. The average molecular weight is 240 g/mol. The monoisotopic (exact) mass is 240 g/mol. The van der Waals surface area contributed by atoms with Gasteiger partial charge in [0.2, 0.25) is 0 Å². The molecule has 1 saturated carbocycles. The van der Waals surface area contributed by atoms with E-state index in [0.29, 0.717) is 18.6 Å². The zero-order valence-electron chi connectivity index (χ0n) is 10.1. The highest BCUT2D eigenvalue weighted by Gasteiger charge is 2.34. The van der Waals surface area contributed by atoms with E-state index >= 15 is 0 Å². The van der Waals surface area contributed by atoms with Gasteiger partial charge in [0, 0.05) is 18.8 Å². The van der Waals surface area contributed by atoms with Crippen LogP contribution < -0.4 is 0 Å². The van der Waals surface area contributed by atoms with Gasteiger partial charge in [0.25, 0.3) is 0 Å². The number of esters is 1. The minimum Gasteiger partial charge on any atom is -0.469 e. The Bertz CT molecular complexity index is 281. The van der Waals surface area contributed by atoms with Crippen molar-refractivity contribution < 1.29 is 14.3 Å². The largest absolute Gasteiger partial charge is 0.469 e. The van der Waals surface area contributed by atoms with Gasteiger partial charge in [-0.2, -0.15) is 0 Å². The van der Waals surface area contributed by atoms with E-state index in [4.69, 9.17) is 0 Å². The van der Waals surface area contributed by atoms with Gasteiger partial charge in [-0.3, -0.25) is 9.59 Å². The highest BCUT2D eigenvalue weighted by molar-refractivity contribution is 5.84. The second kappa shape index (κ2) is 8.04. The minimum absolute atomic E-state index is 0. The molecule has 0 bridgehead atoms. The summed E-state index contributed by atoms with van der Waals surface area (Å²) in [6, 6.07) is 0. The summed E-state index contributed by atoms with van der Waals surface area (Å²) in [7, 11) is 1.39. The summed E-state index contributed by atoms with van der Waals surface area (Å²) in [6.45, 7) is 2.07. The van der Waals surface area contributed by atoms with Crippen molar-refractivity contribution in [1.29, 1.82) is 0 Å². The van der Waals surface area contributed by atoms with Gasteiger partial charge in [-0.05, 0) is 25.2 Å². The topological polar surface area (TPSA) is 43.4 Å². The smallest absolute Gasteiger partial charge is 0.305 e. The number of allylic oxidation sites excluding steroid dienone is 2. The molecule has 0 unspecified atom stereocenters. The van der Waals surface area contributed by atoms with E-state index in [0.717, 1.165) is 19.3 Å². The molecule has 0 aromatic heterocycles. The number of ketones is 1. The van der Waals surface area contributed by atoms with E-state index in [1.807, 2.05) is 0 Å². The van der Waals surface area contributed by atoms with Crippen LogP contribution >= 0.6 is 0 Å². The first kappa shape index (κ1) is 15.9. The molecule has 1 rings (SSSR count). The van der Waals surface area contributed by atoms with E-state index in [-0.39, 0.29) is 25.2 Å². The Labute approximate surface area is 104 Å². The third kappa shape index (κ3) is 4.72. The molecule has 0 aromatic rings. The summed E-state index contributed by atoms with van der Waals surface area (Å²) in [5.41, 5.74) is 0. The molecule has 0 aliphatic heterocycles. The fourth-order valence-electron chi connectivity index (χ4n) is 2.25. The maximum absolute atomic E-state index is 11.7. The molecule has 0 saturated heterocycles. The minimum atomic E-state index is -0.204. The zero-order valence-corrected chi connectivity index (χ0v) is 10.1. The SMILES string of the molecule is C.CC/C=C/C[C@H]1C(=O)CC[C@H]1CC(=O)OC. The molecule has 0 amide bonds. The van der Waals surface area contributed by atoms with Crippen LogP contribution in [-0.2, 0) is 14.3 Å². The van der Waals surface area contributed by atoms with Crippen LogP contribution in [0.4, 0.5) is 0 Å². The zero-order chi connectivity index (χ0) is 12.0. The molecular formula is C14H24O3. The lowest BCUT2D eigenvalue weighted by atomic mass is 9.89.